The van der Waals surface area contributed by atoms with Crippen LogP contribution in [0.4, 0.5) is 4.39 Å². The summed E-state index contributed by atoms with van der Waals surface area (Å²) in [6.07, 6.45) is 2.23. The molecule has 0 aromatic heterocycles. The summed E-state index contributed by atoms with van der Waals surface area (Å²) in [5, 5.41) is -0.227. The van der Waals surface area contributed by atoms with E-state index in [1.807, 2.05) is 6.07 Å². The van der Waals surface area contributed by atoms with Crippen LogP contribution in [0, 0.1) is 12.7 Å². The summed E-state index contributed by atoms with van der Waals surface area (Å²) >= 11 is 6.46. The van der Waals surface area contributed by atoms with Crippen molar-refractivity contribution in [1.82, 2.24) is 0 Å². The van der Waals surface area contributed by atoms with Crippen LogP contribution < -0.4 is 0 Å². The molecule has 1 unspecified atom stereocenters. The number of hydrogen-bond donors (Lipinski definition) is 0. The summed E-state index contributed by atoms with van der Waals surface area (Å²) in [5.41, 5.74) is 3.94. The Kier molecular flexibility index (Phi) is 4.60. The van der Waals surface area contributed by atoms with Crippen molar-refractivity contribution >= 4 is 11.6 Å². The number of rotatable bonds is 4. The minimum absolute atomic E-state index is 0.189. The van der Waals surface area contributed by atoms with Gasteiger partial charge < -0.3 is 0 Å². The largest absolute Gasteiger partial charge is 0.207 e. The molecule has 0 saturated carbocycles. The zero-order valence-corrected chi connectivity index (χ0v) is 12.0. The van der Waals surface area contributed by atoms with Crippen molar-refractivity contribution in [2.75, 3.05) is 0 Å². The van der Waals surface area contributed by atoms with Gasteiger partial charge >= 0.3 is 0 Å². The molecule has 100 valence electrons. The Morgan fingerprint density at radius 2 is 1.68 bits per heavy atom. The second-order valence-electron chi connectivity index (χ2n) is 4.86. The Balaban J connectivity index is 2.22. The molecule has 19 heavy (non-hydrogen) atoms. The van der Waals surface area contributed by atoms with Crippen molar-refractivity contribution in [2.24, 2.45) is 0 Å². The first-order valence-electron chi connectivity index (χ1n) is 6.60. The Labute approximate surface area is 119 Å². The van der Waals surface area contributed by atoms with Crippen LogP contribution in [0.25, 0.3) is 0 Å². The molecule has 2 aromatic carbocycles. The predicted molar refractivity (Wildman–Crippen MR) is 79.3 cm³/mol. The van der Waals surface area contributed by atoms with Gasteiger partial charge in [0.05, 0.1) is 5.38 Å². The molecule has 1 atom stereocenters. The van der Waals surface area contributed by atoms with Gasteiger partial charge in [-0.2, -0.15) is 0 Å². The molecule has 0 spiro atoms. The zero-order valence-electron chi connectivity index (χ0n) is 11.3. The molecule has 0 aliphatic carbocycles. The van der Waals surface area contributed by atoms with Crippen molar-refractivity contribution in [3.8, 4) is 0 Å². The number of alkyl halides is 1. The molecule has 0 nitrogen and oxygen atoms in total. The summed E-state index contributed by atoms with van der Waals surface area (Å²) in [6.45, 7) is 3.92. The smallest absolute Gasteiger partial charge is 0.126 e. The molecule has 0 aliphatic heterocycles. The Morgan fingerprint density at radius 1 is 1.05 bits per heavy atom. The molecule has 0 fully saturated rings. The highest BCUT2D eigenvalue weighted by atomic mass is 35.5. The molecule has 0 saturated heterocycles. The van der Waals surface area contributed by atoms with Gasteiger partial charge in [0.15, 0.2) is 0 Å². The van der Waals surface area contributed by atoms with Crippen molar-refractivity contribution in [1.29, 1.82) is 0 Å². The second kappa shape index (κ2) is 6.21. The molecule has 0 heterocycles. The molecule has 2 rings (SSSR count). The zero-order chi connectivity index (χ0) is 13.8. The van der Waals surface area contributed by atoms with Crippen LogP contribution in [0.1, 0.15) is 41.0 Å². The second-order valence-corrected chi connectivity index (χ2v) is 5.30. The topological polar surface area (TPSA) is 0 Å². The van der Waals surface area contributed by atoms with Gasteiger partial charge in [0.25, 0.3) is 0 Å². The van der Waals surface area contributed by atoms with E-state index in [2.05, 4.69) is 31.2 Å². The first-order valence-corrected chi connectivity index (χ1v) is 7.04. The maximum absolute atomic E-state index is 13.3. The van der Waals surface area contributed by atoms with E-state index in [1.54, 1.807) is 13.0 Å². The van der Waals surface area contributed by atoms with Gasteiger partial charge in [0.2, 0.25) is 0 Å². The van der Waals surface area contributed by atoms with E-state index in [-0.39, 0.29) is 11.2 Å². The van der Waals surface area contributed by atoms with Crippen molar-refractivity contribution in [3.63, 3.8) is 0 Å². The van der Waals surface area contributed by atoms with E-state index < -0.39 is 0 Å². The fraction of sp³-hybridized carbons (Fsp3) is 0.294. The molecule has 0 N–H and O–H groups in total. The molecular weight excluding hydrogens is 259 g/mol. The summed E-state index contributed by atoms with van der Waals surface area (Å²) in [7, 11) is 0. The lowest BCUT2D eigenvalue weighted by atomic mass is 10.0. The molecule has 2 heteroatoms. The normalized spacial score (nSPS) is 12.4. The van der Waals surface area contributed by atoms with Gasteiger partial charge in [-0.3, -0.25) is 0 Å². The van der Waals surface area contributed by atoms with Crippen LogP contribution in [-0.4, -0.2) is 0 Å². The monoisotopic (exact) mass is 276 g/mol. The standard InChI is InChI=1S/C17H18ClF/c1-3-4-13-5-7-14(8-6-13)17(18)15-9-10-16(19)12(2)11-15/h5-11,17H,3-4H2,1-2H3. The van der Waals surface area contributed by atoms with Crippen LogP contribution in [-0.2, 0) is 6.42 Å². The van der Waals surface area contributed by atoms with Crippen LogP contribution in [0.15, 0.2) is 42.5 Å². The van der Waals surface area contributed by atoms with E-state index in [9.17, 15) is 4.39 Å². The van der Waals surface area contributed by atoms with Crippen molar-refractivity contribution in [3.05, 3.63) is 70.5 Å². The molecule has 0 bridgehead atoms. The van der Waals surface area contributed by atoms with Crippen LogP contribution in [0.2, 0.25) is 0 Å². The fourth-order valence-electron chi connectivity index (χ4n) is 2.16. The molecule has 0 radical (unpaired) electrons. The van der Waals surface area contributed by atoms with Gasteiger partial charge in [-0.15, -0.1) is 11.6 Å². The summed E-state index contributed by atoms with van der Waals surface area (Å²) in [5.74, 6) is -0.189. The third-order valence-electron chi connectivity index (χ3n) is 3.29. The van der Waals surface area contributed by atoms with Crippen molar-refractivity contribution in [2.45, 2.75) is 32.1 Å². The van der Waals surface area contributed by atoms with Gasteiger partial charge in [0, 0.05) is 0 Å². The van der Waals surface area contributed by atoms with E-state index >= 15 is 0 Å². The Bertz CT molecular complexity index is 546. The summed E-state index contributed by atoms with van der Waals surface area (Å²) in [6, 6.07) is 13.4. The molecule has 0 aliphatic rings. The quantitative estimate of drug-likeness (QED) is 0.655. The van der Waals surface area contributed by atoms with E-state index in [4.69, 9.17) is 11.6 Å². The van der Waals surface area contributed by atoms with Crippen LogP contribution in [0.5, 0.6) is 0 Å². The highest BCUT2D eigenvalue weighted by molar-refractivity contribution is 6.22. The van der Waals surface area contributed by atoms with Crippen LogP contribution >= 0.6 is 11.6 Å². The lowest BCUT2D eigenvalue weighted by Gasteiger charge is -2.12. The Hall–Kier alpha value is -1.34. The summed E-state index contributed by atoms with van der Waals surface area (Å²) in [4.78, 5) is 0. The molecule has 2 aromatic rings. The minimum Gasteiger partial charge on any atom is -0.207 e. The van der Waals surface area contributed by atoms with Crippen LogP contribution in [0.3, 0.4) is 0 Å². The lowest BCUT2D eigenvalue weighted by Crippen LogP contribution is -1.96. The third kappa shape index (κ3) is 3.36. The summed E-state index contributed by atoms with van der Waals surface area (Å²) < 4.78 is 13.3. The lowest BCUT2D eigenvalue weighted by molar-refractivity contribution is 0.617. The predicted octanol–water partition coefficient (Wildman–Crippen LogP) is 5.41. The maximum Gasteiger partial charge on any atom is 0.126 e. The number of benzene rings is 2. The molecule has 0 amide bonds. The average molecular weight is 277 g/mol. The SMILES string of the molecule is CCCc1ccc(C(Cl)c2ccc(F)c(C)c2)cc1. The van der Waals surface area contributed by atoms with Gasteiger partial charge in [0.1, 0.15) is 5.82 Å². The number of aryl methyl sites for hydroxylation is 2. The minimum atomic E-state index is -0.227. The van der Waals surface area contributed by atoms with E-state index in [1.165, 1.54) is 11.6 Å². The van der Waals surface area contributed by atoms with Gasteiger partial charge in [-0.25, -0.2) is 4.39 Å². The Morgan fingerprint density at radius 3 is 2.26 bits per heavy atom. The van der Waals surface area contributed by atoms with Gasteiger partial charge in [-0.05, 0) is 41.7 Å². The first-order chi connectivity index (χ1) is 9.11. The maximum atomic E-state index is 13.3. The highest BCUT2D eigenvalue weighted by Gasteiger charge is 2.12. The molecular formula is C17H18ClF. The van der Waals surface area contributed by atoms with E-state index in [0.29, 0.717) is 5.56 Å². The first kappa shape index (κ1) is 14.1. The fourth-order valence-corrected chi connectivity index (χ4v) is 2.44. The third-order valence-corrected chi connectivity index (χ3v) is 3.79. The van der Waals surface area contributed by atoms with Gasteiger partial charge in [-0.1, -0.05) is 49.7 Å². The van der Waals surface area contributed by atoms with Crippen molar-refractivity contribution < 1.29 is 4.39 Å². The number of hydrogen-bond acceptors (Lipinski definition) is 0. The highest BCUT2D eigenvalue weighted by Crippen LogP contribution is 2.30. The average Bonchev–Trinajstić information content (AvgIpc) is 2.42. The number of halogens is 2. The van der Waals surface area contributed by atoms with E-state index in [0.717, 1.165) is 24.0 Å².